The summed E-state index contributed by atoms with van der Waals surface area (Å²) in [6.45, 7) is 3.78. The van der Waals surface area contributed by atoms with Crippen LogP contribution < -0.4 is 0 Å². The van der Waals surface area contributed by atoms with Gasteiger partial charge in [0.2, 0.25) is 6.54 Å². The topological polar surface area (TPSA) is 72.6 Å². The van der Waals surface area contributed by atoms with Crippen molar-refractivity contribution in [3.05, 3.63) is 46.0 Å². The van der Waals surface area contributed by atoms with Crippen molar-refractivity contribution in [1.82, 2.24) is 0 Å². The van der Waals surface area contributed by atoms with Crippen LogP contribution in [0, 0.1) is 22.0 Å². The van der Waals surface area contributed by atoms with Gasteiger partial charge in [-0.15, -0.1) is 0 Å². The van der Waals surface area contributed by atoms with Crippen molar-refractivity contribution >= 4 is 0 Å². The van der Waals surface area contributed by atoms with E-state index in [1.807, 2.05) is 44.2 Å². The fraction of sp³-hybridized carbons (Fsp3) is 0.571. The first-order valence-electron chi connectivity index (χ1n) is 6.42. The molecule has 5 heteroatoms. The van der Waals surface area contributed by atoms with Gasteiger partial charge < -0.3 is 9.84 Å². The van der Waals surface area contributed by atoms with Crippen LogP contribution in [-0.2, 0) is 11.3 Å². The van der Waals surface area contributed by atoms with Gasteiger partial charge in [0.1, 0.15) is 0 Å². The van der Waals surface area contributed by atoms with E-state index in [2.05, 4.69) is 0 Å². The van der Waals surface area contributed by atoms with Crippen molar-refractivity contribution in [3.8, 4) is 0 Å². The van der Waals surface area contributed by atoms with Gasteiger partial charge in [-0.05, 0) is 11.5 Å². The van der Waals surface area contributed by atoms with E-state index in [1.54, 1.807) is 0 Å². The van der Waals surface area contributed by atoms with E-state index in [0.29, 0.717) is 6.61 Å². The molecule has 1 N–H and O–H groups in total. The number of nitro groups is 1. The van der Waals surface area contributed by atoms with Crippen LogP contribution >= 0.6 is 0 Å². The maximum atomic E-state index is 10.7. The zero-order valence-corrected chi connectivity index (χ0v) is 11.4. The van der Waals surface area contributed by atoms with Gasteiger partial charge in [0, 0.05) is 4.92 Å². The van der Waals surface area contributed by atoms with E-state index >= 15 is 0 Å². The predicted octanol–water partition coefficient (Wildman–Crippen LogP) is 2.11. The molecule has 0 heterocycles. The van der Waals surface area contributed by atoms with Crippen molar-refractivity contribution in [3.63, 3.8) is 0 Å². The number of aliphatic hydroxyl groups is 1. The number of aliphatic hydroxyl groups excluding tert-OH is 1. The maximum Gasteiger partial charge on any atom is 0.209 e. The van der Waals surface area contributed by atoms with Crippen molar-refractivity contribution in [2.45, 2.75) is 26.6 Å². The lowest BCUT2D eigenvalue weighted by atomic mass is 9.90. The van der Waals surface area contributed by atoms with Gasteiger partial charge in [0.25, 0.3) is 0 Å². The molecule has 0 radical (unpaired) electrons. The minimum atomic E-state index is -0.509. The van der Waals surface area contributed by atoms with Gasteiger partial charge in [0.15, 0.2) is 0 Å². The number of nitrogens with zero attached hydrogens (tertiary/aromatic N) is 1. The highest BCUT2D eigenvalue weighted by molar-refractivity contribution is 5.13. The third-order valence-corrected chi connectivity index (χ3v) is 3.18. The molecule has 0 aliphatic rings. The molecule has 0 fully saturated rings. The Kier molecular flexibility index (Phi) is 6.45. The smallest absolute Gasteiger partial charge is 0.209 e. The summed E-state index contributed by atoms with van der Waals surface area (Å²) in [4.78, 5) is 10.3. The van der Waals surface area contributed by atoms with Crippen LogP contribution in [0.4, 0.5) is 0 Å². The van der Waals surface area contributed by atoms with Crippen LogP contribution in [0.1, 0.15) is 19.4 Å². The average Bonchev–Trinajstić information content (AvgIpc) is 2.38. The minimum absolute atomic E-state index is 0.0818. The van der Waals surface area contributed by atoms with Crippen LogP contribution in [0.25, 0.3) is 0 Å². The summed E-state index contributed by atoms with van der Waals surface area (Å²) < 4.78 is 5.65. The third kappa shape index (κ3) is 5.36. The summed E-state index contributed by atoms with van der Waals surface area (Å²) in [5.41, 5.74) is 0.990. The summed E-state index contributed by atoms with van der Waals surface area (Å²) >= 11 is 0. The molecule has 5 nitrogen and oxygen atoms in total. The Balaban J connectivity index is 2.61. The molecule has 19 heavy (non-hydrogen) atoms. The molecule has 2 atom stereocenters. The Labute approximate surface area is 113 Å². The highest BCUT2D eigenvalue weighted by atomic mass is 16.6. The van der Waals surface area contributed by atoms with E-state index in [0.717, 1.165) is 5.56 Å². The molecule has 0 saturated heterocycles. The molecule has 0 amide bonds. The standard InChI is InChI=1S/C14H21NO4/c1-11(2)13(8-15(17)18)14(9-16)19-10-12-6-4-3-5-7-12/h3-7,11,13-14,16H,8-10H2,1-2H3/t13-,14-/m1/s1. The fourth-order valence-corrected chi connectivity index (χ4v) is 2.02. The summed E-state index contributed by atoms with van der Waals surface area (Å²) in [5, 5.41) is 20.1. The molecule has 106 valence electrons. The Morgan fingerprint density at radius 1 is 1.32 bits per heavy atom. The van der Waals surface area contributed by atoms with E-state index in [9.17, 15) is 15.2 Å². The molecular formula is C14H21NO4. The highest BCUT2D eigenvalue weighted by Crippen LogP contribution is 2.19. The molecule has 1 aromatic carbocycles. The lowest BCUT2D eigenvalue weighted by Crippen LogP contribution is -2.36. The number of hydrogen-bond acceptors (Lipinski definition) is 4. The first-order chi connectivity index (χ1) is 9.04. The Morgan fingerprint density at radius 3 is 2.42 bits per heavy atom. The largest absolute Gasteiger partial charge is 0.394 e. The number of hydrogen-bond donors (Lipinski definition) is 1. The van der Waals surface area contributed by atoms with Gasteiger partial charge >= 0.3 is 0 Å². The van der Waals surface area contributed by atoms with E-state index in [-0.39, 0.29) is 29.9 Å². The van der Waals surface area contributed by atoms with Crippen LogP contribution in [-0.4, -0.2) is 29.3 Å². The summed E-state index contributed by atoms with van der Waals surface area (Å²) in [7, 11) is 0. The number of rotatable bonds is 8. The normalized spacial score (nSPS) is 14.3. The van der Waals surface area contributed by atoms with Crippen molar-refractivity contribution < 1.29 is 14.8 Å². The highest BCUT2D eigenvalue weighted by Gasteiger charge is 2.29. The second-order valence-corrected chi connectivity index (χ2v) is 4.94. The molecule has 0 aliphatic carbocycles. The van der Waals surface area contributed by atoms with E-state index in [4.69, 9.17) is 4.74 Å². The molecule has 1 rings (SSSR count). The summed E-state index contributed by atoms with van der Waals surface area (Å²) in [6, 6.07) is 9.57. The molecule has 0 spiro atoms. The fourth-order valence-electron chi connectivity index (χ4n) is 2.02. The summed E-state index contributed by atoms with van der Waals surface area (Å²) in [6.07, 6.45) is -0.509. The first-order valence-corrected chi connectivity index (χ1v) is 6.42. The predicted molar refractivity (Wildman–Crippen MR) is 72.3 cm³/mol. The second-order valence-electron chi connectivity index (χ2n) is 4.94. The summed E-state index contributed by atoms with van der Waals surface area (Å²) in [5.74, 6) is -0.206. The monoisotopic (exact) mass is 267 g/mol. The van der Waals surface area contributed by atoms with Crippen LogP contribution in [0.2, 0.25) is 0 Å². The molecule has 1 aromatic rings. The quantitative estimate of drug-likeness (QED) is 0.578. The maximum absolute atomic E-state index is 10.7. The molecular weight excluding hydrogens is 246 g/mol. The van der Waals surface area contributed by atoms with Gasteiger partial charge in [-0.1, -0.05) is 44.2 Å². The Hall–Kier alpha value is -1.46. The molecule has 0 aliphatic heterocycles. The Bertz CT molecular complexity index is 380. The van der Waals surface area contributed by atoms with Gasteiger partial charge in [0.05, 0.1) is 25.2 Å². The molecule has 0 unspecified atom stereocenters. The third-order valence-electron chi connectivity index (χ3n) is 3.18. The first kappa shape index (κ1) is 15.6. The van der Waals surface area contributed by atoms with Crippen molar-refractivity contribution in [2.75, 3.05) is 13.2 Å². The molecule has 0 aromatic heterocycles. The van der Waals surface area contributed by atoms with Crippen LogP contribution in [0.15, 0.2) is 30.3 Å². The SMILES string of the molecule is CC(C)[C@@H](C[N+](=O)[O-])[C@@H](CO)OCc1ccccc1. The second kappa shape index (κ2) is 7.86. The van der Waals surface area contributed by atoms with E-state index in [1.165, 1.54) is 0 Å². The van der Waals surface area contributed by atoms with Gasteiger partial charge in [-0.3, -0.25) is 10.1 Å². The average molecular weight is 267 g/mol. The van der Waals surface area contributed by atoms with Crippen LogP contribution in [0.3, 0.4) is 0 Å². The van der Waals surface area contributed by atoms with E-state index < -0.39 is 6.10 Å². The Morgan fingerprint density at radius 2 is 1.95 bits per heavy atom. The van der Waals surface area contributed by atoms with Crippen molar-refractivity contribution in [1.29, 1.82) is 0 Å². The van der Waals surface area contributed by atoms with Crippen molar-refractivity contribution in [2.24, 2.45) is 11.8 Å². The zero-order valence-electron chi connectivity index (χ0n) is 11.4. The number of ether oxygens (including phenoxy) is 1. The number of benzene rings is 1. The van der Waals surface area contributed by atoms with Gasteiger partial charge in [-0.25, -0.2) is 0 Å². The lowest BCUT2D eigenvalue weighted by molar-refractivity contribution is -0.492. The zero-order chi connectivity index (χ0) is 14.3. The lowest BCUT2D eigenvalue weighted by Gasteiger charge is -2.25. The van der Waals surface area contributed by atoms with Crippen LogP contribution in [0.5, 0.6) is 0 Å². The molecule has 0 bridgehead atoms. The minimum Gasteiger partial charge on any atom is -0.394 e. The van der Waals surface area contributed by atoms with Gasteiger partial charge in [-0.2, -0.15) is 0 Å². The molecule has 0 saturated carbocycles.